The van der Waals surface area contributed by atoms with Gasteiger partial charge in [-0.2, -0.15) is 0 Å². The number of carbonyl (C=O) groups excluding carboxylic acids is 1. The van der Waals surface area contributed by atoms with Crippen LogP contribution in [0.25, 0.3) is 0 Å². The number of nitrogens with one attached hydrogen (secondary N) is 1. The van der Waals surface area contributed by atoms with Gasteiger partial charge in [-0.05, 0) is 37.7 Å². The Morgan fingerprint density at radius 3 is 2.67 bits per heavy atom. The van der Waals surface area contributed by atoms with Crippen LogP contribution in [0.15, 0.2) is 24.3 Å². The molecule has 0 spiro atoms. The number of benzene rings is 1. The van der Waals surface area contributed by atoms with Crippen LogP contribution < -0.4 is 5.32 Å². The zero-order chi connectivity index (χ0) is 13.0. The van der Waals surface area contributed by atoms with E-state index in [2.05, 4.69) is 52.4 Å². The maximum absolute atomic E-state index is 11.7. The SMILES string of the molecule is Cc1ccc(CCC(=O)NCC(Br)C2CC2)cc1. The zero-order valence-corrected chi connectivity index (χ0v) is 12.4. The molecular weight excluding hydrogens is 290 g/mol. The molecule has 1 N–H and O–H groups in total. The maximum Gasteiger partial charge on any atom is 0.220 e. The lowest BCUT2D eigenvalue weighted by Gasteiger charge is -2.10. The van der Waals surface area contributed by atoms with Gasteiger partial charge in [-0.25, -0.2) is 0 Å². The lowest BCUT2D eigenvalue weighted by molar-refractivity contribution is -0.121. The first-order valence-electron chi connectivity index (χ1n) is 6.61. The number of hydrogen-bond acceptors (Lipinski definition) is 1. The Bertz CT molecular complexity index is 397. The van der Waals surface area contributed by atoms with Gasteiger partial charge >= 0.3 is 0 Å². The molecule has 1 fully saturated rings. The third-order valence-electron chi connectivity index (χ3n) is 3.39. The Kier molecular flexibility index (Phi) is 4.81. The third-order valence-corrected chi connectivity index (χ3v) is 4.46. The molecule has 1 aromatic carbocycles. The molecule has 1 saturated carbocycles. The van der Waals surface area contributed by atoms with Crippen LogP contribution in [0, 0.1) is 12.8 Å². The summed E-state index contributed by atoms with van der Waals surface area (Å²) >= 11 is 3.62. The average molecular weight is 310 g/mol. The van der Waals surface area contributed by atoms with Gasteiger partial charge in [0.25, 0.3) is 0 Å². The van der Waals surface area contributed by atoms with Crippen LogP contribution in [-0.4, -0.2) is 17.3 Å². The molecule has 1 aliphatic carbocycles. The molecule has 1 aromatic rings. The van der Waals surface area contributed by atoms with Gasteiger partial charge in [0, 0.05) is 17.8 Å². The van der Waals surface area contributed by atoms with Crippen molar-refractivity contribution in [3.63, 3.8) is 0 Å². The fourth-order valence-corrected chi connectivity index (χ4v) is 2.63. The van der Waals surface area contributed by atoms with Crippen LogP contribution in [0.4, 0.5) is 0 Å². The molecular formula is C15H20BrNO. The molecule has 0 bridgehead atoms. The molecule has 0 saturated heterocycles. The van der Waals surface area contributed by atoms with Crippen molar-refractivity contribution in [1.82, 2.24) is 5.32 Å². The highest BCUT2D eigenvalue weighted by atomic mass is 79.9. The fraction of sp³-hybridized carbons (Fsp3) is 0.533. The number of halogens is 1. The number of amides is 1. The molecule has 1 atom stereocenters. The average Bonchev–Trinajstić information content (AvgIpc) is 3.19. The standard InChI is InChI=1S/C15H20BrNO/c1-11-2-4-12(5-3-11)6-9-15(18)17-10-14(16)13-7-8-13/h2-5,13-14H,6-10H2,1H3,(H,17,18). The van der Waals surface area contributed by atoms with Gasteiger partial charge in [-0.1, -0.05) is 45.8 Å². The van der Waals surface area contributed by atoms with Crippen molar-refractivity contribution >= 4 is 21.8 Å². The highest BCUT2D eigenvalue weighted by molar-refractivity contribution is 9.09. The first kappa shape index (κ1) is 13.6. The summed E-state index contributed by atoms with van der Waals surface area (Å²) in [7, 11) is 0. The molecule has 2 nitrogen and oxygen atoms in total. The van der Waals surface area contributed by atoms with Crippen molar-refractivity contribution in [2.24, 2.45) is 5.92 Å². The molecule has 1 aliphatic rings. The van der Waals surface area contributed by atoms with E-state index < -0.39 is 0 Å². The Morgan fingerprint density at radius 2 is 2.06 bits per heavy atom. The number of rotatable bonds is 6. The van der Waals surface area contributed by atoms with Crippen molar-refractivity contribution < 1.29 is 4.79 Å². The molecule has 1 amide bonds. The van der Waals surface area contributed by atoms with Gasteiger partial charge in [-0.15, -0.1) is 0 Å². The van der Waals surface area contributed by atoms with Crippen molar-refractivity contribution in [1.29, 1.82) is 0 Å². The third kappa shape index (κ3) is 4.45. The molecule has 2 rings (SSSR count). The Morgan fingerprint density at radius 1 is 1.39 bits per heavy atom. The minimum atomic E-state index is 0.153. The summed E-state index contributed by atoms with van der Waals surface area (Å²) in [6.45, 7) is 2.84. The van der Waals surface area contributed by atoms with E-state index >= 15 is 0 Å². The smallest absolute Gasteiger partial charge is 0.220 e. The van der Waals surface area contributed by atoms with E-state index in [-0.39, 0.29) is 5.91 Å². The summed E-state index contributed by atoms with van der Waals surface area (Å²) in [5.74, 6) is 0.933. The predicted octanol–water partition coefficient (Wildman–Crippen LogP) is 3.22. The number of carbonyl (C=O) groups is 1. The second-order valence-electron chi connectivity index (χ2n) is 5.14. The maximum atomic E-state index is 11.7. The molecule has 0 aromatic heterocycles. The quantitative estimate of drug-likeness (QED) is 0.803. The van der Waals surface area contributed by atoms with Gasteiger partial charge in [0.2, 0.25) is 5.91 Å². The van der Waals surface area contributed by atoms with Gasteiger partial charge in [0.15, 0.2) is 0 Å². The molecule has 3 heteroatoms. The summed E-state index contributed by atoms with van der Waals surface area (Å²) in [6.07, 6.45) is 4.00. The van der Waals surface area contributed by atoms with E-state index in [1.165, 1.54) is 24.0 Å². The van der Waals surface area contributed by atoms with Crippen LogP contribution >= 0.6 is 15.9 Å². The van der Waals surface area contributed by atoms with Crippen LogP contribution in [0.5, 0.6) is 0 Å². The van der Waals surface area contributed by atoms with E-state index in [1.807, 2.05) is 0 Å². The lowest BCUT2D eigenvalue weighted by atomic mass is 10.1. The van der Waals surface area contributed by atoms with Gasteiger partial charge in [0.1, 0.15) is 0 Å². The van der Waals surface area contributed by atoms with Gasteiger partial charge < -0.3 is 5.32 Å². The number of alkyl halides is 1. The van der Waals surface area contributed by atoms with Crippen LogP contribution in [0.2, 0.25) is 0 Å². The van der Waals surface area contributed by atoms with Crippen molar-refractivity contribution in [2.45, 2.75) is 37.4 Å². The molecule has 1 unspecified atom stereocenters. The summed E-state index contributed by atoms with van der Waals surface area (Å²) in [5, 5.41) is 3.00. The lowest BCUT2D eigenvalue weighted by Crippen LogP contribution is -2.30. The molecule has 0 heterocycles. The number of aryl methyl sites for hydroxylation is 2. The van der Waals surface area contributed by atoms with Crippen molar-refractivity contribution in [3.05, 3.63) is 35.4 Å². The Labute approximate surface area is 117 Å². The zero-order valence-electron chi connectivity index (χ0n) is 10.8. The monoisotopic (exact) mass is 309 g/mol. The first-order chi connectivity index (χ1) is 8.65. The van der Waals surface area contributed by atoms with E-state index in [0.29, 0.717) is 11.2 Å². The fourth-order valence-electron chi connectivity index (χ4n) is 1.94. The van der Waals surface area contributed by atoms with E-state index in [1.54, 1.807) is 0 Å². The van der Waals surface area contributed by atoms with E-state index in [4.69, 9.17) is 0 Å². The van der Waals surface area contributed by atoms with Crippen LogP contribution in [0.1, 0.15) is 30.4 Å². The summed E-state index contributed by atoms with van der Waals surface area (Å²) in [4.78, 5) is 12.2. The van der Waals surface area contributed by atoms with Crippen LogP contribution in [0.3, 0.4) is 0 Å². The minimum absolute atomic E-state index is 0.153. The summed E-state index contributed by atoms with van der Waals surface area (Å²) in [5.41, 5.74) is 2.49. The minimum Gasteiger partial charge on any atom is -0.355 e. The molecule has 98 valence electrons. The summed E-state index contributed by atoms with van der Waals surface area (Å²) < 4.78 is 0. The Hall–Kier alpha value is -0.830. The second kappa shape index (κ2) is 6.37. The first-order valence-corrected chi connectivity index (χ1v) is 7.53. The second-order valence-corrected chi connectivity index (χ2v) is 6.32. The van der Waals surface area contributed by atoms with Gasteiger partial charge in [0.05, 0.1) is 0 Å². The normalized spacial score (nSPS) is 16.3. The van der Waals surface area contributed by atoms with E-state index in [9.17, 15) is 4.79 Å². The topological polar surface area (TPSA) is 29.1 Å². The highest BCUT2D eigenvalue weighted by Gasteiger charge is 2.29. The molecule has 0 aliphatic heterocycles. The molecule has 18 heavy (non-hydrogen) atoms. The molecule has 0 radical (unpaired) electrons. The Balaban J connectivity index is 1.66. The number of hydrogen-bond donors (Lipinski definition) is 1. The highest BCUT2D eigenvalue weighted by Crippen LogP contribution is 2.36. The largest absolute Gasteiger partial charge is 0.355 e. The van der Waals surface area contributed by atoms with Crippen molar-refractivity contribution in [3.8, 4) is 0 Å². The summed E-state index contributed by atoms with van der Waals surface area (Å²) in [6, 6.07) is 8.38. The predicted molar refractivity (Wildman–Crippen MR) is 77.9 cm³/mol. The van der Waals surface area contributed by atoms with E-state index in [0.717, 1.165) is 18.9 Å². The van der Waals surface area contributed by atoms with Crippen molar-refractivity contribution in [2.75, 3.05) is 6.54 Å². The van der Waals surface area contributed by atoms with Gasteiger partial charge in [-0.3, -0.25) is 4.79 Å². The van der Waals surface area contributed by atoms with Crippen LogP contribution in [-0.2, 0) is 11.2 Å².